The molecule has 1 amide bonds. The summed E-state index contributed by atoms with van der Waals surface area (Å²) >= 11 is 1.56. The largest absolute Gasteiger partial charge is 0.381 e. The Balaban J connectivity index is 1.51. The van der Waals surface area contributed by atoms with E-state index < -0.39 is 0 Å². The molecule has 6 heteroatoms. The van der Waals surface area contributed by atoms with Crippen molar-refractivity contribution in [2.75, 3.05) is 19.8 Å². The number of aromatic nitrogens is 2. The second kappa shape index (κ2) is 9.50. The first-order valence-electron chi connectivity index (χ1n) is 9.13. The molecule has 0 aliphatic rings. The summed E-state index contributed by atoms with van der Waals surface area (Å²) < 4.78 is 7.52. The van der Waals surface area contributed by atoms with Crippen LogP contribution in [0.15, 0.2) is 41.9 Å². The van der Waals surface area contributed by atoms with E-state index >= 15 is 0 Å². The smallest absolute Gasteiger partial charge is 0.225 e. The molecule has 0 bridgehead atoms. The van der Waals surface area contributed by atoms with Gasteiger partial charge in [0.2, 0.25) is 5.91 Å². The Morgan fingerprint density at radius 3 is 2.85 bits per heavy atom. The number of carbonyl (C=O) groups excluding carboxylic acids is 1. The Morgan fingerprint density at radius 2 is 2.04 bits per heavy atom. The number of hydrogen-bond donors (Lipinski definition) is 1. The zero-order chi connectivity index (χ0) is 18.2. The summed E-state index contributed by atoms with van der Waals surface area (Å²) in [5, 5.41) is 4.97. The van der Waals surface area contributed by atoms with Gasteiger partial charge in [-0.1, -0.05) is 43.7 Å². The Kier molecular flexibility index (Phi) is 6.80. The fourth-order valence-electron chi connectivity index (χ4n) is 2.68. The van der Waals surface area contributed by atoms with Gasteiger partial charge in [-0.25, -0.2) is 4.98 Å². The molecule has 5 nitrogen and oxygen atoms in total. The zero-order valence-electron chi connectivity index (χ0n) is 15.1. The van der Waals surface area contributed by atoms with Gasteiger partial charge in [0.25, 0.3) is 0 Å². The number of unbranched alkanes of at least 4 members (excludes halogenated alkanes) is 1. The lowest BCUT2D eigenvalue weighted by molar-refractivity contribution is -0.120. The van der Waals surface area contributed by atoms with Crippen LogP contribution in [0.3, 0.4) is 0 Å². The van der Waals surface area contributed by atoms with Crippen LogP contribution in [0.1, 0.15) is 31.9 Å². The summed E-state index contributed by atoms with van der Waals surface area (Å²) in [6.45, 7) is 4.30. The van der Waals surface area contributed by atoms with Crippen molar-refractivity contribution in [1.82, 2.24) is 14.7 Å². The first-order valence-corrected chi connectivity index (χ1v) is 10.0. The van der Waals surface area contributed by atoms with Gasteiger partial charge in [0.15, 0.2) is 4.96 Å². The Bertz CT molecular complexity index is 826. The molecule has 3 aromatic rings. The van der Waals surface area contributed by atoms with Crippen LogP contribution >= 0.6 is 11.3 Å². The minimum absolute atomic E-state index is 0.0354. The lowest BCUT2D eigenvalue weighted by Gasteiger charge is -2.06. The highest BCUT2D eigenvalue weighted by molar-refractivity contribution is 7.15. The van der Waals surface area contributed by atoms with Gasteiger partial charge in [-0.3, -0.25) is 9.20 Å². The zero-order valence-corrected chi connectivity index (χ0v) is 15.9. The van der Waals surface area contributed by atoms with Gasteiger partial charge in [0.05, 0.1) is 12.1 Å². The van der Waals surface area contributed by atoms with Gasteiger partial charge in [0, 0.05) is 42.6 Å². The fourth-order valence-corrected chi connectivity index (χ4v) is 3.55. The Morgan fingerprint density at radius 1 is 1.23 bits per heavy atom. The van der Waals surface area contributed by atoms with Crippen molar-refractivity contribution in [3.8, 4) is 11.3 Å². The molecule has 0 fully saturated rings. The SMILES string of the molecule is CCCCOCCCNC(=O)Cc1csc2nc(-c3ccccc3)cn12. The first kappa shape index (κ1) is 18.6. The van der Waals surface area contributed by atoms with E-state index in [-0.39, 0.29) is 5.91 Å². The third-order valence-electron chi connectivity index (χ3n) is 4.12. The molecule has 0 aliphatic heterocycles. The number of imidazole rings is 1. The lowest BCUT2D eigenvalue weighted by atomic mass is 10.2. The maximum Gasteiger partial charge on any atom is 0.225 e. The molecule has 3 rings (SSSR count). The van der Waals surface area contributed by atoms with Crippen LogP contribution in [0.25, 0.3) is 16.2 Å². The third-order valence-corrected chi connectivity index (χ3v) is 5.01. The average Bonchev–Trinajstić information content (AvgIpc) is 3.24. The molecule has 0 saturated carbocycles. The van der Waals surface area contributed by atoms with E-state index in [0.717, 1.165) is 47.8 Å². The van der Waals surface area contributed by atoms with Gasteiger partial charge >= 0.3 is 0 Å². The van der Waals surface area contributed by atoms with Crippen LogP contribution in [0.4, 0.5) is 0 Å². The average molecular weight is 372 g/mol. The molecular formula is C20H25N3O2S. The van der Waals surface area contributed by atoms with E-state index in [9.17, 15) is 4.79 Å². The highest BCUT2D eigenvalue weighted by atomic mass is 32.1. The van der Waals surface area contributed by atoms with Crippen molar-refractivity contribution < 1.29 is 9.53 Å². The molecule has 0 unspecified atom stereocenters. The van der Waals surface area contributed by atoms with Crippen LogP contribution in [-0.2, 0) is 16.0 Å². The molecule has 0 aliphatic carbocycles. The second-order valence-electron chi connectivity index (χ2n) is 6.22. The second-order valence-corrected chi connectivity index (χ2v) is 7.05. The number of hydrogen-bond acceptors (Lipinski definition) is 4. The van der Waals surface area contributed by atoms with E-state index in [1.807, 2.05) is 46.3 Å². The fraction of sp³-hybridized carbons (Fsp3) is 0.400. The first-order chi connectivity index (χ1) is 12.8. The minimum Gasteiger partial charge on any atom is -0.381 e. The van der Waals surface area contributed by atoms with Gasteiger partial charge in [-0.2, -0.15) is 0 Å². The number of amides is 1. The Hall–Kier alpha value is -2.18. The predicted molar refractivity (Wildman–Crippen MR) is 106 cm³/mol. The van der Waals surface area contributed by atoms with Gasteiger partial charge < -0.3 is 10.1 Å². The van der Waals surface area contributed by atoms with Crippen LogP contribution in [-0.4, -0.2) is 35.1 Å². The van der Waals surface area contributed by atoms with Crippen molar-refractivity contribution in [2.45, 2.75) is 32.6 Å². The summed E-state index contributed by atoms with van der Waals surface area (Å²) in [6, 6.07) is 10.1. The Labute approximate surface area is 158 Å². The van der Waals surface area contributed by atoms with Gasteiger partial charge in [0.1, 0.15) is 0 Å². The number of rotatable bonds is 10. The molecule has 2 aromatic heterocycles. The predicted octanol–water partition coefficient (Wildman–Crippen LogP) is 3.93. The van der Waals surface area contributed by atoms with E-state index in [2.05, 4.69) is 17.2 Å². The van der Waals surface area contributed by atoms with Gasteiger partial charge in [-0.15, -0.1) is 11.3 Å². The highest BCUT2D eigenvalue weighted by Crippen LogP contribution is 2.23. The van der Waals surface area contributed by atoms with Crippen molar-refractivity contribution in [2.24, 2.45) is 0 Å². The van der Waals surface area contributed by atoms with Crippen LogP contribution in [0.5, 0.6) is 0 Å². The van der Waals surface area contributed by atoms with Crippen molar-refractivity contribution in [3.05, 3.63) is 47.6 Å². The molecule has 0 atom stereocenters. The summed E-state index contributed by atoms with van der Waals surface area (Å²) in [6.07, 6.45) is 5.45. The molecule has 26 heavy (non-hydrogen) atoms. The monoisotopic (exact) mass is 371 g/mol. The summed E-state index contributed by atoms with van der Waals surface area (Å²) in [5.41, 5.74) is 2.99. The molecule has 2 heterocycles. The maximum absolute atomic E-state index is 12.2. The number of benzene rings is 1. The molecule has 0 saturated heterocycles. The maximum atomic E-state index is 12.2. The van der Waals surface area contributed by atoms with Crippen LogP contribution in [0.2, 0.25) is 0 Å². The van der Waals surface area contributed by atoms with Crippen LogP contribution in [0, 0.1) is 0 Å². The number of ether oxygens (including phenoxy) is 1. The molecule has 1 aromatic carbocycles. The number of nitrogens with one attached hydrogen (secondary N) is 1. The summed E-state index contributed by atoms with van der Waals surface area (Å²) in [5.74, 6) is 0.0354. The van der Waals surface area contributed by atoms with Gasteiger partial charge in [-0.05, 0) is 12.8 Å². The number of thiazole rings is 1. The number of carbonyl (C=O) groups is 1. The normalized spacial score (nSPS) is 11.1. The van der Waals surface area contributed by atoms with Crippen molar-refractivity contribution in [3.63, 3.8) is 0 Å². The van der Waals surface area contributed by atoms with E-state index in [1.165, 1.54) is 0 Å². The number of fused-ring (bicyclic) bond motifs is 1. The van der Waals surface area contributed by atoms with E-state index in [4.69, 9.17) is 4.74 Å². The summed E-state index contributed by atoms with van der Waals surface area (Å²) in [7, 11) is 0. The minimum atomic E-state index is 0.0354. The topological polar surface area (TPSA) is 55.6 Å². The van der Waals surface area contributed by atoms with Crippen molar-refractivity contribution >= 4 is 22.2 Å². The summed E-state index contributed by atoms with van der Waals surface area (Å²) in [4.78, 5) is 17.8. The standard InChI is InChI=1S/C20H25N3O2S/c1-2-3-11-25-12-7-10-21-19(24)13-17-15-26-20-22-18(14-23(17)20)16-8-5-4-6-9-16/h4-6,8-9,14-15H,2-3,7,10-13H2,1H3,(H,21,24). The third kappa shape index (κ3) is 4.93. The lowest BCUT2D eigenvalue weighted by Crippen LogP contribution is -2.27. The quantitative estimate of drug-likeness (QED) is 0.550. The molecular weight excluding hydrogens is 346 g/mol. The van der Waals surface area contributed by atoms with E-state index in [1.54, 1.807) is 11.3 Å². The number of nitrogens with zero attached hydrogens (tertiary/aromatic N) is 2. The molecule has 0 radical (unpaired) electrons. The van der Waals surface area contributed by atoms with E-state index in [0.29, 0.717) is 19.6 Å². The molecule has 0 spiro atoms. The highest BCUT2D eigenvalue weighted by Gasteiger charge is 2.12. The van der Waals surface area contributed by atoms with Crippen LogP contribution < -0.4 is 5.32 Å². The molecule has 138 valence electrons. The molecule has 1 N–H and O–H groups in total. The van der Waals surface area contributed by atoms with Crippen molar-refractivity contribution in [1.29, 1.82) is 0 Å².